The van der Waals surface area contributed by atoms with Crippen molar-refractivity contribution in [3.8, 4) is 0 Å². The Morgan fingerprint density at radius 1 is 1.20 bits per heavy atom. The molecular formula is C12H25NO2. The minimum atomic E-state index is 0.0513. The smallest absolute Gasteiger partial charge is 0.184 e. The molecule has 3 nitrogen and oxygen atoms in total. The molecule has 1 N–H and O–H groups in total. The maximum absolute atomic E-state index is 5.55. The van der Waals surface area contributed by atoms with Crippen molar-refractivity contribution >= 4 is 0 Å². The predicted octanol–water partition coefficient (Wildman–Crippen LogP) is 2.30. The first-order valence-electron chi connectivity index (χ1n) is 5.76. The fourth-order valence-electron chi connectivity index (χ4n) is 1.85. The van der Waals surface area contributed by atoms with Crippen LogP contribution in [0.2, 0.25) is 0 Å². The summed E-state index contributed by atoms with van der Waals surface area (Å²) in [6.07, 6.45) is 1.34. The summed E-state index contributed by atoms with van der Waals surface area (Å²) in [4.78, 5) is 0. The van der Waals surface area contributed by atoms with E-state index in [1.54, 1.807) is 0 Å². The van der Waals surface area contributed by atoms with Gasteiger partial charge in [-0.05, 0) is 48.0 Å². The molecule has 0 aliphatic carbocycles. The SMILES string of the molecule is CC1OC1OCCC(C)(C)NC(C)(C)C. The van der Waals surface area contributed by atoms with Gasteiger partial charge in [-0.15, -0.1) is 0 Å². The van der Waals surface area contributed by atoms with E-state index in [0.29, 0.717) is 6.10 Å². The standard InChI is InChI=1S/C12H25NO2/c1-9-10(15-9)14-8-7-12(5,6)13-11(2,3)4/h9-10,13H,7-8H2,1-6H3. The third-order valence-electron chi connectivity index (χ3n) is 2.38. The van der Waals surface area contributed by atoms with Crippen LogP contribution in [0.25, 0.3) is 0 Å². The number of nitrogens with one attached hydrogen (secondary N) is 1. The van der Waals surface area contributed by atoms with E-state index in [9.17, 15) is 0 Å². The molecule has 1 saturated heterocycles. The first-order chi connectivity index (χ1) is 6.70. The van der Waals surface area contributed by atoms with Gasteiger partial charge in [-0.2, -0.15) is 0 Å². The van der Waals surface area contributed by atoms with Crippen molar-refractivity contribution in [3.05, 3.63) is 0 Å². The zero-order valence-electron chi connectivity index (χ0n) is 10.9. The van der Waals surface area contributed by atoms with Crippen molar-refractivity contribution in [1.82, 2.24) is 5.32 Å². The zero-order valence-corrected chi connectivity index (χ0v) is 10.9. The summed E-state index contributed by atoms with van der Waals surface area (Å²) in [7, 11) is 0. The highest BCUT2D eigenvalue weighted by Crippen LogP contribution is 2.23. The van der Waals surface area contributed by atoms with Gasteiger partial charge in [-0.25, -0.2) is 0 Å². The zero-order chi connectivity index (χ0) is 11.7. The molecule has 1 aliphatic heterocycles. The van der Waals surface area contributed by atoms with Gasteiger partial charge in [0, 0.05) is 11.1 Å². The highest BCUT2D eigenvalue weighted by Gasteiger charge is 2.35. The van der Waals surface area contributed by atoms with Gasteiger partial charge in [0.25, 0.3) is 0 Å². The third kappa shape index (κ3) is 5.50. The van der Waals surface area contributed by atoms with Crippen molar-refractivity contribution in [3.63, 3.8) is 0 Å². The summed E-state index contributed by atoms with van der Waals surface area (Å²) >= 11 is 0. The Kier molecular flexibility index (Phi) is 3.80. The molecule has 15 heavy (non-hydrogen) atoms. The number of hydrogen-bond acceptors (Lipinski definition) is 3. The molecule has 1 heterocycles. The summed E-state index contributed by atoms with van der Waals surface area (Å²) in [6.45, 7) is 13.7. The molecular weight excluding hydrogens is 190 g/mol. The molecule has 1 aliphatic rings. The summed E-state index contributed by atoms with van der Waals surface area (Å²) in [6, 6.07) is 0. The van der Waals surface area contributed by atoms with Gasteiger partial charge in [0.15, 0.2) is 6.29 Å². The molecule has 0 aromatic carbocycles. The van der Waals surface area contributed by atoms with Crippen molar-refractivity contribution in [1.29, 1.82) is 0 Å². The second-order valence-corrected chi connectivity index (χ2v) is 6.09. The second kappa shape index (κ2) is 4.40. The lowest BCUT2D eigenvalue weighted by Crippen LogP contribution is -2.50. The topological polar surface area (TPSA) is 33.8 Å². The highest BCUT2D eigenvalue weighted by molar-refractivity contribution is 4.85. The van der Waals surface area contributed by atoms with E-state index < -0.39 is 0 Å². The largest absolute Gasteiger partial charge is 0.350 e. The molecule has 2 unspecified atom stereocenters. The van der Waals surface area contributed by atoms with Crippen molar-refractivity contribution in [2.45, 2.75) is 71.4 Å². The van der Waals surface area contributed by atoms with Crippen LogP contribution in [0.15, 0.2) is 0 Å². The Bertz CT molecular complexity index is 208. The van der Waals surface area contributed by atoms with Gasteiger partial charge in [-0.3, -0.25) is 0 Å². The quantitative estimate of drug-likeness (QED) is 0.714. The highest BCUT2D eigenvalue weighted by atomic mass is 16.8. The van der Waals surface area contributed by atoms with Crippen LogP contribution in [0.4, 0.5) is 0 Å². The Morgan fingerprint density at radius 3 is 2.13 bits per heavy atom. The van der Waals surface area contributed by atoms with Crippen molar-refractivity contribution in [2.24, 2.45) is 0 Å². The van der Waals surface area contributed by atoms with Crippen LogP contribution in [0.3, 0.4) is 0 Å². The van der Waals surface area contributed by atoms with Gasteiger partial charge in [0.1, 0.15) is 6.10 Å². The predicted molar refractivity (Wildman–Crippen MR) is 61.9 cm³/mol. The van der Waals surface area contributed by atoms with E-state index >= 15 is 0 Å². The Hall–Kier alpha value is -0.120. The molecule has 3 heteroatoms. The molecule has 1 rings (SSSR count). The fraction of sp³-hybridized carbons (Fsp3) is 1.00. The Labute approximate surface area is 93.5 Å². The number of epoxide rings is 1. The van der Waals surface area contributed by atoms with E-state index in [0.717, 1.165) is 13.0 Å². The molecule has 0 amide bonds. The van der Waals surface area contributed by atoms with E-state index in [1.807, 2.05) is 6.92 Å². The lowest BCUT2D eigenvalue weighted by atomic mass is 9.96. The summed E-state index contributed by atoms with van der Waals surface area (Å²) < 4.78 is 10.7. The second-order valence-electron chi connectivity index (χ2n) is 6.09. The van der Waals surface area contributed by atoms with Crippen LogP contribution in [0, 0.1) is 0 Å². The first kappa shape index (κ1) is 12.9. The van der Waals surface area contributed by atoms with E-state index in [-0.39, 0.29) is 17.4 Å². The van der Waals surface area contributed by atoms with Crippen molar-refractivity contribution in [2.75, 3.05) is 6.61 Å². The Balaban J connectivity index is 2.17. The van der Waals surface area contributed by atoms with Crippen LogP contribution >= 0.6 is 0 Å². The van der Waals surface area contributed by atoms with Gasteiger partial charge in [0.2, 0.25) is 0 Å². The van der Waals surface area contributed by atoms with Gasteiger partial charge in [-0.1, -0.05) is 0 Å². The van der Waals surface area contributed by atoms with Crippen molar-refractivity contribution < 1.29 is 9.47 Å². The van der Waals surface area contributed by atoms with Crippen LogP contribution in [-0.2, 0) is 9.47 Å². The number of rotatable bonds is 5. The van der Waals surface area contributed by atoms with Gasteiger partial charge >= 0.3 is 0 Å². The normalized spacial score (nSPS) is 26.8. The van der Waals surface area contributed by atoms with Crippen LogP contribution in [-0.4, -0.2) is 30.1 Å². The van der Waals surface area contributed by atoms with Gasteiger partial charge < -0.3 is 14.8 Å². The molecule has 0 saturated carbocycles. The third-order valence-corrected chi connectivity index (χ3v) is 2.38. The molecule has 2 atom stereocenters. The summed E-state index contributed by atoms with van der Waals surface area (Å²) in [5.41, 5.74) is 0.253. The molecule has 0 aromatic rings. The average Bonchev–Trinajstić information content (AvgIpc) is 2.60. The first-order valence-corrected chi connectivity index (χ1v) is 5.76. The summed E-state index contributed by atoms with van der Waals surface area (Å²) in [5, 5.41) is 3.58. The van der Waals surface area contributed by atoms with E-state index in [4.69, 9.17) is 9.47 Å². The maximum atomic E-state index is 5.55. The number of ether oxygens (including phenoxy) is 2. The monoisotopic (exact) mass is 215 g/mol. The molecule has 0 aromatic heterocycles. The maximum Gasteiger partial charge on any atom is 0.184 e. The van der Waals surface area contributed by atoms with Crippen LogP contribution < -0.4 is 5.32 Å². The lowest BCUT2D eigenvalue weighted by molar-refractivity contribution is 0.0367. The summed E-state index contributed by atoms with van der Waals surface area (Å²) in [5.74, 6) is 0. The average molecular weight is 215 g/mol. The minimum absolute atomic E-state index is 0.0513. The van der Waals surface area contributed by atoms with E-state index in [2.05, 4.69) is 39.9 Å². The minimum Gasteiger partial charge on any atom is -0.350 e. The molecule has 1 fully saturated rings. The van der Waals surface area contributed by atoms with Gasteiger partial charge in [0.05, 0.1) is 6.61 Å². The lowest BCUT2D eigenvalue weighted by Gasteiger charge is -2.34. The van der Waals surface area contributed by atoms with Crippen LogP contribution in [0.1, 0.15) is 48.0 Å². The molecule has 0 radical (unpaired) electrons. The molecule has 0 spiro atoms. The molecule has 0 bridgehead atoms. The molecule has 90 valence electrons. The van der Waals surface area contributed by atoms with E-state index in [1.165, 1.54) is 0 Å². The fourth-order valence-corrected chi connectivity index (χ4v) is 1.85. The Morgan fingerprint density at radius 2 is 1.73 bits per heavy atom. The number of hydrogen-bond donors (Lipinski definition) is 1. The van der Waals surface area contributed by atoms with Crippen LogP contribution in [0.5, 0.6) is 0 Å².